The zero-order valence-electron chi connectivity index (χ0n) is 9.53. The average molecular weight is 332 g/mol. The van der Waals surface area contributed by atoms with Crippen LogP contribution < -0.4 is 0 Å². The highest BCUT2D eigenvalue weighted by atomic mass is 79.9. The van der Waals surface area contributed by atoms with Gasteiger partial charge in [0.15, 0.2) is 0 Å². The number of benzene rings is 1. The Morgan fingerprint density at radius 2 is 1.68 bits per heavy atom. The van der Waals surface area contributed by atoms with Crippen molar-refractivity contribution in [3.63, 3.8) is 0 Å². The summed E-state index contributed by atoms with van der Waals surface area (Å²) < 4.78 is 39.0. The van der Waals surface area contributed by atoms with Crippen LogP contribution in [-0.2, 0) is 6.18 Å². The lowest BCUT2D eigenvalue weighted by Crippen LogP contribution is -2.13. The minimum atomic E-state index is -4.51. The van der Waals surface area contributed by atoms with Crippen molar-refractivity contribution in [1.82, 2.24) is 4.98 Å². The molecule has 6 heteroatoms. The summed E-state index contributed by atoms with van der Waals surface area (Å²) in [5.41, 5.74) is -0.749. The van der Waals surface area contributed by atoms with Crippen molar-refractivity contribution in [1.29, 1.82) is 0 Å². The van der Waals surface area contributed by atoms with Crippen molar-refractivity contribution in [2.75, 3.05) is 0 Å². The Bertz CT molecular complexity index is 586. The van der Waals surface area contributed by atoms with E-state index in [0.29, 0.717) is 10.2 Å². The molecule has 0 radical (unpaired) electrons. The number of halogens is 4. The van der Waals surface area contributed by atoms with Crippen molar-refractivity contribution in [3.8, 4) is 0 Å². The minimum Gasteiger partial charge on any atom is -0.384 e. The largest absolute Gasteiger partial charge is 0.416 e. The number of hydrogen-bond donors (Lipinski definition) is 1. The lowest BCUT2D eigenvalue weighted by atomic mass is 9.97. The molecular weight excluding hydrogens is 323 g/mol. The monoisotopic (exact) mass is 331 g/mol. The molecule has 1 atom stereocenters. The third-order valence-corrected chi connectivity index (χ3v) is 3.31. The molecule has 0 saturated heterocycles. The van der Waals surface area contributed by atoms with E-state index in [4.69, 9.17) is 0 Å². The van der Waals surface area contributed by atoms with Gasteiger partial charge in [-0.1, -0.05) is 24.3 Å². The van der Waals surface area contributed by atoms with E-state index in [9.17, 15) is 18.3 Å². The summed E-state index contributed by atoms with van der Waals surface area (Å²) >= 11 is 3.12. The second-order valence-corrected chi connectivity index (χ2v) is 4.62. The molecule has 1 N–H and O–H groups in total. The fourth-order valence-electron chi connectivity index (χ4n) is 1.76. The molecular formula is C13H9BrF3NO. The number of aliphatic hydroxyl groups excluding tert-OH is 1. The number of rotatable bonds is 2. The zero-order valence-corrected chi connectivity index (χ0v) is 11.1. The highest BCUT2D eigenvalue weighted by Crippen LogP contribution is 2.37. The molecule has 1 unspecified atom stereocenters. The van der Waals surface area contributed by atoms with Gasteiger partial charge in [0.1, 0.15) is 10.7 Å². The van der Waals surface area contributed by atoms with E-state index in [1.165, 1.54) is 30.5 Å². The van der Waals surface area contributed by atoms with Gasteiger partial charge in [-0.05, 0) is 33.6 Å². The Kier molecular flexibility index (Phi) is 3.91. The molecule has 0 aliphatic carbocycles. The molecule has 0 bridgehead atoms. The molecule has 19 heavy (non-hydrogen) atoms. The lowest BCUT2D eigenvalue weighted by molar-refractivity contribution is -0.139. The molecule has 0 aliphatic heterocycles. The summed E-state index contributed by atoms with van der Waals surface area (Å²) in [6.07, 6.45) is -4.41. The molecule has 0 aliphatic rings. The Balaban J connectivity index is 2.51. The highest BCUT2D eigenvalue weighted by Gasteiger charge is 2.35. The van der Waals surface area contributed by atoms with Crippen LogP contribution in [0.1, 0.15) is 22.8 Å². The van der Waals surface area contributed by atoms with Gasteiger partial charge in [0.2, 0.25) is 0 Å². The molecule has 2 aromatic rings. The predicted molar refractivity (Wildman–Crippen MR) is 67.4 cm³/mol. The van der Waals surface area contributed by atoms with Crippen molar-refractivity contribution in [3.05, 3.63) is 63.9 Å². The predicted octanol–water partition coefficient (Wildman–Crippen LogP) is 3.94. The fraction of sp³-hybridized carbons (Fsp3) is 0.154. The van der Waals surface area contributed by atoms with Crippen LogP contribution in [-0.4, -0.2) is 10.1 Å². The van der Waals surface area contributed by atoms with Gasteiger partial charge in [-0.3, -0.25) is 0 Å². The second-order valence-electron chi connectivity index (χ2n) is 3.87. The van der Waals surface area contributed by atoms with Crippen molar-refractivity contribution in [2.24, 2.45) is 0 Å². The summed E-state index contributed by atoms with van der Waals surface area (Å²) in [7, 11) is 0. The third-order valence-electron chi connectivity index (χ3n) is 2.64. The SMILES string of the molecule is OC(c1ccccc1C(F)(F)F)c1cccnc1Br. The minimum absolute atomic E-state index is 0.191. The Morgan fingerprint density at radius 3 is 2.32 bits per heavy atom. The lowest BCUT2D eigenvalue weighted by Gasteiger charge is -2.18. The van der Waals surface area contributed by atoms with Crippen LogP contribution in [0.2, 0.25) is 0 Å². The topological polar surface area (TPSA) is 33.1 Å². The molecule has 1 aromatic carbocycles. The number of pyridine rings is 1. The van der Waals surface area contributed by atoms with Gasteiger partial charge < -0.3 is 5.11 Å². The maximum absolute atomic E-state index is 12.9. The van der Waals surface area contributed by atoms with E-state index in [1.807, 2.05) is 0 Å². The van der Waals surface area contributed by atoms with E-state index in [0.717, 1.165) is 6.07 Å². The first-order valence-corrected chi connectivity index (χ1v) is 6.15. The van der Waals surface area contributed by atoms with Crippen LogP contribution in [0.5, 0.6) is 0 Å². The second kappa shape index (κ2) is 5.30. The van der Waals surface area contributed by atoms with E-state index in [-0.39, 0.29) is 5.56 Å². The highest BCUT2D eigenvalue weighted by molar-refractivity contribution is 9.10. The number of alkyl halides is 3. The van der Waals surface area contributed by atoms with Gasteiger partial charge in [-0.25, -0.2) is 4.98 Å². The molecule has 0 saturated carbocycles. The normalized spacial score (nSPS) is 13.3. The maximum Gasteiger partial charge on any atom is 0.416 e. The first-order chi connectivity index (χ1) is 8.91. The van der Waals surface area contributed by atoms with Crippen LogP contribution >= 0.6 is 15.9 Å². The number of nitrogens with zero attached hydrogens (tertiary/aromatic N) is 1. The Morgan fingerprint density at radius 1 is 1.05 bits per heavy atom. The van der Waals surface area contributed by atoms with Gasteiger partial charge >= 0.3 is 6.18 Å². The number of aliphatic hydroxyl groups is 1. The van der Waals surface area contributed by atoms with Crippen molar-refractivity contribution < 1.29 is 18.3 Å². The van der Waals surface area contributed by atoms with Gasteiger partial charge in [-0.15, -0.1) is 0 Å². The number of hydrogen-bond acceptors (Lipinski definition) is 2. The third kappa shape index (κ3) is 2.96. The molecule has 100 valence electrons. The molecule has 1 aromatic heterocycles. The van der Waals surface area contributed by atoms with Gasteiger partial charge in [0, 0.05) is 11.8 Å². The maximum atomic E-state index is 12.9. The van der Waals surface area contributed by atoms with Crippen LogP contribution in [0.25, 0.3) is 0 Å². The summed E-state index contributed by atoms with van der Waals surface area (Å²) in [6.45, 7) is 0. The van der Waals surface area contributed by atoms with Crippen molar-refractivity contribution >= 4 is 15.9 Å². The quantitative estimate of drug-likeness (QED) is 0.845. The summed E-state index contributed by atoms with van der Waals surface area (Å²) in [4.78, 5) is 3.89. The zero-order chi connectivity index (χ0) is 14.0. The van der Waals surface area contributed by atoms with Gasteiger partial charge in [-0.2, -0.15) is 13.2 Å². The Labute approximate surface area is 116 Å². The van der Waals surface area contributed by atoms with Crippen LogP contribution in [0.15, 0.2) is 47.2 Å². The number of aromatic nitrogens is 1. The van der Waals surface area contributed by atoms with E-state index in [2.05, 4.69) is 20.9 Å². The smallest absolute Gasteiger partial charge is 0.384 e. The Hall–Kier alpha value is -1.40. The van der Waals surface area contributed by atoms with E-state index in [1.54, 1.807) is 6.07 Å². The van der Waals surface area contributed by atoms with Crippen LogP contribution in [0.4, 0.5) is 13.2 Å². The van der Waals surface area contributed by atoms with Gasteiger partial charge in [0.05, 0.1) is 5.56 Å². The van der Waals surface area contributed by atoms with E-state index < -0.39 is 17.8 Å². The first-order valence-electron chi connectivity index (χ1n) is 5.36. The fourth-order valence-corrected chi connectivity index (χ4v) is 2.23. The molecule has 0 amide bonds. The standard InChI is InChI=1S/C13H9BrF3NO/c14-12-9(5-3-7-18-12)11(19)8-4-1-2-6-10(8)13(15,16)17/h1-7,11,19H. The van der Waals surface area contributed by atoms with Crippen LogP contribution in [0.3, 0.4) is 0 Å². The van der Waals surface area contributed by atoms with Gasteiger partial charge in [0.25, 0.3) is 0 Å². The summed E-state index contributed by atoms with van der Waals surface area (Å²) in [5.74, 6) is 0. The van der Waals surface area contributed by atoms with Crippen LogP contribution in [0, 0.1) is 0 Å². The molecule has 2 rings (SSSR count). The molecule has 2 nitrogen and oxygen atoms in total. The van der Waals surface area contributed by atoms with Crippen molar-refractivity contribution in [2.45, 2.75) is 12.3 Å². The molecule has 0 spiro atoms. The molecule has 1 heterocycles. The molecule has 0 fully saturated rings. The first kappa shape index (κ1) is 14.0. The van der Waals surface area contributed by atoms with E-state index >= 15 is 0 Å². The average Bonchev–Trinajstić information content (AvgIpc) is 2.37. The summed E-state index contributed by atoms with van der Waals surface area (Å²) in [6, 6.07) is 8.03. The summed E-state index contributed by atoms with van der Waals surface area (Å²) in [5, 5.41) is 10.1.